The van der Waals surface area contributed by atoms with Crippen LogP contribution in [0.3, 0.4) is 0 Å². The van der Waals surface area contributed by atoms with Gasteiger partial charge in [-0.2, -0.15) is 0 Å². The first-order valence-corrected chi connectivity index (χ1v) is 10.1. The number of hydrogen-bond acceptors (Lipinski definition) is 5. The number of benzene rings is 1. The zero-order chi connectivity index (χ0) is 20.5. The number of likely N-dealkylation sites (tertiary alicyclic amines) is 1. The van der Waals surface area contributed by atoms with Crippen molar-refractivity contribution in [2.24, 2.45) is 4.99 Å². The van der Waals surface area contributed by atoms with Crippen molar-refractivity contribution in [1.82, 2.24) is 15.2 Å². The smallest absolute Gasteiger partial charge is 0.219 e. The molecule has 156 valence electrons. The molecule has 1 N–H and O–H groups in total. The average Bonchev–Trinajstić information content (AvgIpc) is 2.77. The molecule has 0 unspecified atom stereocenters. The molecule has 0 bridgehead atoms. The highest BCUT2D eigenvalue weighted by Gasteiger charge is 2.21. The second kappa shape index (κ2) is 10.7. The van der Waals surface area contributed by atoms with Crippen LogP contribution in [-0.2, 0) is 11.3 Å². The summed E-state index contributed by atoms with van der Waals surface area (Å²) in [6.45, 7) is 5.40. The normalized spacial score (nSPS) is 15.3. The minimum atomic E-state index is 0.372. The Labute approximate surface area is 172 Å². The van der Waals surface area contributed by atoms with Crippen molar-refractivity contribution in [3.05, 3.63) is 48.2 Å². The summed E-state index contributed by atoms with van der Waals surface area (Å²) in [7, 11) is 3.46. The van der Waals surface area contributed by atoms with Crippen molar-refractivity contribution in [1.29, 1.82) is 0 Å². The largest absolute Gasteiger partial charge is 0.497 e. The third kappa shape index (κ3) is 6.09. The number of aromatic nitrogens is 1. The molecular weight excluding hydrogens is 368 g/mol. The highest BCUT2D eigenvalue weighted by molar-refractivity contribution is 5.79. The number of pyridine rings is 1. The van der Waals surface area contributed by atoms with E-state index in [9.17, 15) is 0 Å². The van der Waals surface area contributed by atoms with Gasteiger partial charge in [-0.3, -0.25) is 4.99 Å². The predicted molar refractivity (Wildman–Crippen MR) is 114 cm³/mol. The molecule has 0 radical (unpaired) electrons. The number of rotatable bonds is 7. The first kappa shape index (κ1) is 20.9. The maximum absolute atomic E-state index is 5.77. The summed E-state index contributed by atoms with van der Waals surface area (Å²) in [5, 5.41) is 3.42. The van der Waals surface area contributed by atoms with Gasteiger partial charge in [-0.05, 0) is 49.6 Å². The molecule has 1 saturated heterocycles. The van der Waals surface area contributed by atoms with Crippen molar-refractivity contribution in [2.75, 3.05) is 33.9 Å². The van der Waals surface area contributed by atoms with Gasteiger partial charge in [0.05, 0.1) is 13.2 Å². The van der Waals surface area contributed by atoms with Crippen LogP contribution in [0.2, 0.25) is 0 Å². The molecule has 1 fully saturated rings. The molecule has 2 aromatic rings. The summed E-state index contributed by atoms with van der Waals surface area (Å²) >= 11 is 0. The molecule has 7 heteroatoms. The van der Waals surface area contributed by atoms with Crippen LogP contribution in [0.15, 0.2) is 47.6 Å². The molecule has 0 amide bonds. The Hall–Kier alpha value is -2.80. The van der Waals surface area contributed by atoms with Gasteiger partial charge >= 0.3 is 0 Å². The Kier molecular flexibility index (Phi) is 7.69. The van der Waals surface area contributed by atoms with E-state index in [2.05, 4.69) is 20.2 Å². The molecule has 0 aliphatic carbocycles. The van der Waals surface area contributed by atoms with Crippen molar-refractivity contribution in [3.63, 3.8) is 0 Å². The van der Waals surface area contributed by atoms with Crippen LogP contribution in [0.4, 0.5) is 0 Å². The third-order valence-corrected chi connectivity index (χ3v) is 4.89. The molecule has 3 rings (SSSR count). The van der Waals surface area contributed by atoms with E-state index in [4.69, 9.17) is 14.2 Å². The highest BCUT2D eigenvalue weighted by atomic mass is 16.5. The number of nitrogens with zero attached hydrogens (tertiary/aromatic N) is 3. The lowest BCUT2D eigenvalue weighted by molar-refractivity contribution is 0.0263. The fraction of sp³-hybridized carbons (Fsp3) is 0.455. The number of piperidine rings is 1. The molecule has 0 saturated carbocycles. The molecule has 1 aliphatic heterocycles. The zero-order valence-corrected chi connectivity index (χ0v) is 17.4. The quantitative estimate of drug-likeness (QED) is 0.569. The van der Waals surface area contributed by atoms with Crippen LogP contribution >= 0.6 is 0 Å². The van der Waals surface area contributed by atoms with Crippen LogP contribution < -0.4 is 14.8 Å². The Morgan fingerprint density at radius 2 is 1.86 bits per heavy atom. The summed E-state index contributed by atoms with van der Waals surface area (Å²) in [5.41, 5.74) is 1.07. The molecule has 2 heterocycles. The second-order valence-corrected chi connectivity index (χ2v) is 6.82. The van der Waals surface area contributed by atoms with E-state index in [1.165, 1.54) is 0 Å². The van der Waals surface area contributed by atoms with Gasteiger partial charge in [-0.1, -0.05) is 6.07 Å². The lowest BCUT2D eigenvalue weighted by Crippen LogP contribution is -2.46. The van der Waals surface area contributed by atoms with Gasteiger partial charge < -0.3 is 24.4 Å². The van der Waals surface area contributed by atoms with Crippen LogP contribution in [-0.4, -0.2) is 55.8 Å². The van der Waals surface area contributed by atoms with E-state index < -0.39 is 0 Å². The van der Waals surface area contributed by atoms with Crippen LogP contribution in [0.5, 0.6) is 17.4 Å². The third-order valence-electron chi connectivity index (χ3n) is 4.89. The van der Waals surface area contributed by atoms with Crippen LogP contribution in [0.1, 0.15) is 25.3 Å². The van der Waals surface area contributed by atoms with Crippen LogP contribution in [0, 0.1) is 0 Å². The first-order valence-electron chi connectivity index (χ1n) is 10.1. The SMILES string of the molecule is CCOC1CCN(C(=NC)NCc2ccc(Oc3ccc(OC)cc3)nc2)CC1. The summed E-state index contributed by atoms with van der Waals surface area (Å²) in [6.07, 6.45) is 4.26. The Morgan fingerprint density at radius 3 is 2.45 bits per heavy atom. The van der Waals surface area contributed by atoms with Gasteiger partial charge in [-0.15, -0.1) is 0 Å². The minimum absolute atomic E-state index is 0.372. The van der Waals surface area contributed by atoms with Gasteiger partial charge in [0.15, 0.2) is 5.96 Å². The lowest BCUT2D eigenvalue weighted by atomic mass is 10.1. The zero-order valence-electron chi connectivity index (χ0n) is 17.4. The van der Waals surface area contributed by atoms with E-state index in [-0.39, 0.29) is 0 Å². The first-order chi connectivity index (χ1) is 14.2. The highest BCUT2D eigenvalue weighted by Crippen LogP contribution is 2.22. The second-order valence-electron chi connectivity index (χ2n) is 6.82. The van der Waals surface area contributed by atoms with E-state index in [1.54, 1.807) is 7.11 Å². The van der Waals surface area contributed by atoms with E-state index in [1.807, 2.05) is 56.6 Å². The maximum atomic E-state index is 5.77. The van der Waals surface area contributed by atoms with E-state index >= 15 is 0 Å². The Morgan fingerprint density at radius 1 is 1.14 bits per heavy atom. The molecule has 1 aliphatic rings. The van der Waals surface area contributed by atoms with Crippen molar-refractivity contribution < 1.29 is 14.2 Å². The number of guanidine groups is 1. The summed E-state index contributed by atoms with van der Waals surface area (Å²) in [5.74, 6) is 2.99. The van der Waals surface area contributed by atoms with Gasteiger partial charge in [-0.25, -0.2) is 4.98 Å². The molecule has 0 atom stereocenters. The number of methoxy groups -OCH3 is 1. The van der Waals surface area contributed by atoms with Crippen molar-refractivity contribution >= 4 is 5.96 Å². The summed E-state index contributed by atoms with van der Waals surface area (Å²) < 4.78 is 16.7. The van der Waals surface area contributed by atoms with Gasteiger partial charge in [0, 0.05) is 45.6 Å². The fourth-order valence-corrected chi connectivity index (χ4v) is 3.32. The number of hydrogen-bond donors (Lipinski definition) is 1. The number of nitrogens with one attached hydrogen (secondary N) is 1. The lowest BCUT2D eigenvalue weighted by Gasteiger charge is -2.34. The number of ether oxygens (including phenoxy) is 3. The molecule has 29 heavy (non-hydrogen) atoms. The Bertz CT molecular complexity index is 770. The molecule has 1 aromatic carbocycles. The standard InChI is InChI=1S/C22H30N4O3/c1-4-28-19-11-13-26(14-12-19)22(23-2)25-16-17-5-10-21(24-15-17)29-20-8-6-18(27-3)7-9-20/h5-10,15,19H,4,11-14,16H2,1-3H3,(H,23,25). The van der Waals surface area contributed by atoms with Crippen LogP contribution in [0.25, 0.3) is 0 Å². The average molecular weight is 399 g/mol. The number of aliphatic imine (C=N–C) groups is 1. The van der Waals surface area contributed by atoms with Gasteiger partial charge in [0.25, 0.3) is 0 Å². The predicted octanol–water partition coefficient (Wildman–Crippen LogP) is 3.46. The summed E-state index contributed by atoms with van der Waals surface area (Å²) in [6, 6.07) is 11.3. The molecule has 0 spiro atoms. The van der Waals surface area contributed by atoms with Gasteiger partial charge in [0.1, 0.15) is 11.5 Å². The summed E-state index contributed by atoms with van der Waals surface area (Å²) in [4.78, 5) is 11.1. The topological polar surface area (TPSA) is 68.2 Å². The maximum Gasteiger partial charge on any atom is 0.219 e. The molecule has 7 nitrogen and oxygen atoms in total. The fourth-order valence-electron chi connectivity index (χ4n) is 3.32. The minimum Gasteiger partial charge on any atom is -0.497 e. The molecule has 1 aromatic heterocycles. The Balaban J connectivity index is 1.48. The van der Waals surface area contributed by atoms with E-state index in [0.717, 1.165) is 55.6 Å². The van der Waals surface area contributed by atoms with E-state index in [0.29, 0.717) is 18.5 Å². The molecular formula is C22H30N4O3. The van der Waals surface area contributed by atoms with Crippen molar-refractivity contribution in [2.45, 2.75) is 32.4 Å². The van der Waals surface area contributed by atoms with Gasteiger partial charge in [0.2, 0.25) is 5.88 Å². The monoisotopic (exact) mass is 398 g/mol. The van der Waals surface area contributed by atoms with Crippen molar-refractivity contribution in [3.8, 4) is 17.4 Å².